The lowest BCUT2D eigenvalue weighted by atomic mass is 10.1. The molecule has 2 aromatic carbocycles. The van der Waals surface area contributed by atoms with Crippen molar-refractivity contribution in [2.75, 3.05) is 25.3 Å². The molecule has 134 valence electrons. The Balaban J connectivity index is 1.33. The van der Waals surface area contributed by atoms with Crippen LogP contribution in [0.3, 0.4) is 0 Å². The molecular formula is C19H17NO6. The third-order valence-electron chi connectivity index (χ3n) is 4.10. The van der Waals surface area contributed by atoms with Gasteiger partial charge < -0.3 is 24.3 Å². The van der Waals surface area contributed by atoms with Crippen LogP contribution in [0.1, 0.15) is 23.2 Å². The van der Waals surface area contributed by atoms with Crippen LogP contribution in [0.5, 0.6) is 23.0 Å². The second kappa shape index (κ2) is 6.95. The number of carbonyl (C=O) groups is 2. The highest BCUT2D eigenvalue weighted by atomic mass is 16.7. The highest BCUT2D eigenvalue weighted by Crippen LogP contribution is 2.33. The molecule has 2 heterocycles. The zero-order valence-corrected chi connectivity index (χ0v) is 13.9. The number of Topliss-reactive ketones (excluding diaryl/α,β-unsaturated/α-hetero) is 1. The Bertz CT molecular complexity index is 863. The van der Waals surface area contributed by atoms with E-state index in [-0.39, 0.29) is 31.3 Å². The maximum atomic E-state index is 12.3. The Morgan fingerprint density at radius 2 is 1.50 bits per heavy atom. The number of ether oxygens (including phenoxy) is 4. The highest BCUT2D eigenvalue weighted by Gasteiger charge is 2.17. The Hall–Kier alpha value is -3.22. The number of carbonyl (C=O) groups excluding carboxylic acids is 2. The van der Waals surface area contributed by atoms with Gasteiger partial charge in [-0.15, -0.1) is 0 Å². The lowest BCUT2D eigenvalue weighted by molar-refractivity contribution is -0.116. The second-order valence-electron chi connectivity index (χ2n) is 5.90. The van der Waals surface area contributed by atoms with E-state index in [0.29, 0.717) is 47.5 Å². The lowest BCUT2D eigenvalue weighted by Crippen LogP contribution is -2.16. The summed E-state index contributed by atoms with van der Waals surface area (Å²) in [6.07, 6.45) is 0.192. The van der Waals surface area contributed by atoms with E-state index in [0.717, 1.165) is 0 Å². The molecule has 2 aliphatic rings. The Morgan fingerprint density at radius 3 is 2.38 bits per heavy atom. The predicted molar refractivity (Wildman–Crippen MR) is 92.2 cm³/mol. The predicted octanol–water partition coefficient (Wildman–Crippen LogP) is 2.79. The summed E-state index contributed by atoms with van der Waals surface area (Å²) >= 11 is 0. The van der Waals surface area contributed by atoms with Crippen LogP contribution >= 0.6 is 0 Å². The minimum absolute atomic E-state index is 0.0850. The standard InChI is InChI=1S/C19H17NO6/c21-14(12-1-4-16-17(9-12)26-11-25-16)3-6-19(22)20-13-2-5-15-18(10-13)24-8-7-23-15/h1-2,4-5,9-10H,3,6-8,11H2,(H,20,22). The molecule has 26 heavy (non-hydrogen) atoms. The zero-order valence-electron chi connectivity index (χ0n) is 13.9. The van der Waals surface area contributed by atoms with E-state index < -0.39 is 0 Å². The van der Waals surface area contributed by atoms with E-state index in [1.807, 2.05) is 0 Å². The molecule has 0 aromatic heterocycles. The summed E-state index contributed by atoms with van der Waals surface area (Å²) in [5, 5.41) is 2.77. The number of hydrogen-bond acceptors (Lipinski definition) is 6. The van der Waals surface area contributed by atoms with Gasteiger partial charge in [0.05, 0.1) is 0 Å². The third kappa shape index (κ3) is 3.42. The Morgan fingerprint density at radius 1 is 0.808 bits per heavy atom. The monoisotopic (exact) mass is 355 g/mol. The van der Waals surface area contributed by atoms with E-state index in [2.05, 4.69) is 5.32 Å². The van der Waals surface area contributed by atoms with Crippen LogP contribution in [0.15, 0.2) is 36.4 Å². The van der Waals surface area contributed by atoms with Crippen LogP contribution in [0.4, 0.5) is 5.69 Å². The van der Waals surface area contributed by atoms with Gasteiger partial charge in [0.25, 0.3) is 0 Å². The molecule has 0 radical (unpaired) electrons. The molecule has 0 fully saturated rings. The summed E-state index contributed by atoms with van der Waals surface area (Å²) in [4.78, 5) is 24.4. The van der Waals surface area contributed by atoms with Crippen LogP contribution in [-0.4, -0.2) is 31.7 Å². The van der Waals surface area contributed by atoms with Gasteiger partial charge in [-0.05, 0) is 30.3 Å². The number of amides is 1. The van der Waals surface area contributed by atoms with Gasteiger partial charge in [0, 0.05) is 30.2 Å². The highest BCUT2D eigenvalue weighted by molar-refractivity contribution is 6.00. The summed E-state index contributed by atoms with van der Waals surface area (Å²) in [5.74, 6) is 2.07. The van der Waals surface area contributed by atoms with Crippen molar-refractivity contribution in [2.45, 2.75) is 12.8 Å². The summed E-state index contributed by atoms with van der Waals surface area (Å²) in [6.45, 7) is 1.15. The van der Waals surface area contributed by atoms with Crippen molar-refractivity contribution in [1.29, 1.82) is 0 Å². The number of hydrogen-bond donors (Lipinski definition) is 1. The zero-order chi connectivity index (χ0) is 17.9. The third-order valence-corrected chi connectivity index (χ3v) is 4.10. The first-order valence-corrected chi connectivity index (χ1v) is 8.31. The van der Waals surface area contributed by atoms with Gasteiger partial charge in [-0.3, -0.25) is 9.59 Å². The van der Waals surface area contributed by atoms with Gasteiger partial charge in [-0.25, -0.2) is 0 Å². The average molecular weight is 355 g/mol. The molecule has 0 saturated carbocycles. The Kier molecular flexibility index (Phi) is 4.35. The molecule has 0 saturated heterocycles. The number of nitrogens with one attached hydrogen (secondary N) is 1. The minimum atomic E-state index is -0.240. The molecular weight excluding hydrogens is 338 g/mol. The maximum Gasteiger partial charge on any atom is 0.231 e. The van der Waals surface area contributed by atoms with Crippen LogP contribution in [0.2, 0.25) is 0 Å². The molecule has 7 nitrogen and oxygen atoms in total. The van der Waals surface area contributed by atoms with E-state index in [1.54, 1.807) is 36.4 Å². The maximum absolute atomic E-state index is 12.3. The van der Waals surface area contributed by atoms with Crippen molar-refractivity contribution >= 4 is 17.4 Å². The first-order chi connectivity index (χ1) is 12.7. The Labute approximate surface area is 149 Å². The van der Waals surface area contributed by atoms with Crippen LogP contribution in [-0.2, 0) is 4.79 Å². The van der Waals surface area contributed by atoms with Crippen LogP contribution in [0.25, 0.3) is 0 Å². The van der Waals surface area contributed by atoms with Gasteiger partial charge in [-0.1, -0.05) is 0 Å². The van der Waals surface area contributed by atoms with Crippen LogP contribution < -0.4 is 24.3 Å². The van der Waals surface area contributed by atoms with E-state index in [9.17, 15) is 9.59 Å². The first-order valence-electron chi connectivity index (χ1n) is 8.31. The topological polar surface area (TPSA) is 83.1 Å². The van der Waals surface area contributed by atoms with Crippen LogP contribution in [0, 0.1) is 0 Å². The van der Waals surface area contributed by atoms with Gasteiger partial charge in [0.2, 0.25) is 12.7 Å². The molecule has 2 aliphatic heterocycles. The van der Waals surface area contributed by atoms with Crippen molar-refractivity contribution in [3.05, 3.63) is 42.0 Å². The van der Waals surface area contributed by atoms with Gasteiger partial charge in [-0.2, -0.15) is 0 Å². The normalized spacial score (nSPS) is 14.0. The summed E-state index contributed by atoms with van der Waals surface area (Å²) in [5.41, 5.74) is 1.11. The molecule has 4 rings (SSSR count). The van der Waals surface area contributed by atoms with E-state index in [4.69, 9.17) is 18.9 Å². The fourth-order valence-electron chi connectivity index (χ4n) is 2.79. The van der Waals surface area contributed by atoms with Crippen molar-refractivity contribution in [1.82, 2.24) is 0 Å². The van der Waals surface area contributed by atoms with E-state index in [1.165, 1.54) is 0 Å². The van der Waals surface area contributed by atoms with E-state index >= 15 is 0 Å². The molecule has 1 amide bonds. The molecule has 0 unspecified atom stereocenters. The second-order valence-corrected chi connectivity index (χ2v) is 5.90. The summed E-state index contributed by atoms with van der Waals surface area (Å²) in [7, 11) is 0. The minimum Gasteiger partial charge on any atom is -0.486 e. The molecule has 0 bridgehead atoms. The van der Waals surface area contributed by atoms with Crippen molar-refractivity contribution in [3.8, 4) is 23.0 Å². The van der Waals surface area contributed by atoms with Crippen molar-refractivity contribution < 1.29 is 28.5 Å². The SMILES string of the molecule is O=C(CCC(=O)c1ccc2c(c1)OCO2)Nc1ccc2c(c1)OCCO2. The quantitative estimate of drug-likeness (QED) is 0.831. The van der Waals surface area contributed by atoms with Crippen molar-refractivity contribution in [3.63, 3.8) is 0 Å². The van der Waals surface area contributed by atoms with Gasteiger partial charge in [0.15, 0.2) is 28.8 Å². The first kappa shape index (κ1) is 16.3. The smallest absolute Gasteiger partial charge is 0.231 e. The number of rotatable bonds is 5. The molecule has 1 N–H and O–H groups in total. The largest absolute Gasteiger partial charge is 0.486 e. The molecule has 7 heteroatoms. The van der Waals surface area contributed by atoms with Gasteiger partial charge >= 0.3 is 0 Å². The van der Waals surface area contributed by atoms with Crippen molar-refractivity contribution in [2.24, 2.45) is 0 Å². The average Bonchev–Trinajstić information content (AvgIpc) is 3.14. The number of fused-ring (bicyclic) bond motifs is 2. The summed E-state index contributed by atoms with van der Waals surface area (Å²) < 4.78 is 21.4. The number of ketones is 1. The number of anilines is 1. The summed E-state index contributed by atoms with van der Waals surface area (Å²) in [6, 6.07) is 10.2. The molecule has 0 aliphatic carbocycles. The molecule has 0 atom stereocenters. The fraction of sp³-hybridized carbons (Fsp3) is 0.263. The van der Waals surface area contributed by atoms with Gasteiger partial charge in [0.1, 0.15) is 13.2 Å². The number of benzene rings is 2. The molecule has 2 aromatic rings. The molecule has 0 spiro atoms. The lowest BCUT2D eigenvalue weighted by Gasteiger charge is -2.19. The fourth-order valence-corrected chi connectivity index (χ4v) is 2.79.